The summed E-state index contributed by atoms with van der Waals surface area (Å²) in [6.07, 6.45) is 2.78. The molecule has 2 aliphatic rings. The van der Waals surface area contributed by atoms with Crippen molar-refractivity contribution in [2.24, 2.45) is 5.73 Å². The Labute approximate surface area is 222 Å². The molecule has 1 fully saturated rings. The highest BCUT2D eigenvalue weighted by atomic mass is 16.7. The third-order valence-corrected chi connectivity index (χ3v) is 7.77. The number of nitrogens with one attached hydrogen (secondary N) is 1. The van der Waals surface area contributed by atoms with Gasteiger partial charge in [-0.25, -0.2) is 0 Å². The molecule has 3 N–H and O–H groups in total. The minimum Gasteiger partial charge on any atom is -0.471 e. The lowest BCUT2D eigenvalue weighted by molar-refractivity contribution is -0.229. The predicted molar refractivity (Wildman–Crippen MR) is 145 cm³/mol. The van der Waals surface area contributed by atoms with E-state index in [9.17, 15) is 0 Å². The highest BCUT2D eigenvalue weighted by molar-refractivity contribution is 5.94. The van der Waals surface area contributed by atoms with Crippen LogP contribution in [0.2, 0.25) is 0 Å². The lowest BCUT2D eigenvalue weighted by Gasteiger charge is -2.45. The smallest absolute Gasteiger partial charge is 0.213 e. The number of aryl methyl sites for hydroxylation is 2. The maximum atomic E-state index is 6.45. The van der Waals surface area contributed by atoms with Crippen molar-refractivity contribution < 1.29 is 14.2 Å². The average molecular weight is 515 g/mol. The van der Waals surface area contributed by atoms with Crippen molar-refractivity contribution in [1.82, 2.24) is 25.3 Å². The number of rotatable bonds is 5. The molecule has 0 bridgehead atoms. The van der Waals surface area contributed by atoms with E-state index < -0.39 is 12.0 Å². The van der Waals surface area contributed by atoms with E-state index in [1.807, 2.05) is 38.1 Å². The molecule has 1 atom stereocenters. The molecule has 2 aliphatic heterocycles. The number of piperidine rings is 1. The second-order valence-electron chi connectivity index (χ2n) is 10.6. The van der Waals surface area contributed by atoms with Crippen molar-refractivity contribution in [2.75, 3.05) is 13.1 Å². The normalized spacial score (nSPS) is 17.9. The van der Waals surface area contributed by atoms with Gasteiger partial charge in [0, 0.05) is 54.0 Å². The number of hydrogen-bond donors (Lipinski definition) is 2. The topological polar surface area (TPSA) is 111 Å². The molecule has 0 amide bonds. The van der Waals surface area contributed by atoms with Crippen LogP contribution in [-0.2, 0) is 11.3 Å². The van der Waals surface area contributed by atoms with Crippen LogP contribution in [-0.4, -0.2) is 50.2 Å². The van der Waals surface area contributed by atoms with E-state index in [0.717, 1.165) is 76.2 Å². The summed E-state index contributed by atoms with van der Waals surface area (Å²) < 4.78 is 18.9. The van der Waals surface area contributed by atoms with Crippen molar-refractivity contribution in [3.63, 3.8) is 0 Å². The molecule has 1 spiro atoms. The molecule has 4 aromatic rings. The molecule has 38 heavy (non-hydrogen) atoms. The Kier molecular flexibility index (Phi) is 6.29. The SMILES string of the molecule is Cc1cnnc(C)c1[C@@H](N)Oc1ccc2[nH]nc(-c3ccc4c(c3)COC3(CCN(C(C)C)CC3)O4)c2c1. The van der Waals surface area contributed by atoms with Gasteiger partial charge < -0.3 is 19.1 Å². The predicted octanol–water partition coefficient (Wildman–Crippen LogP) is 4.78. The molecule has 6 rings (SSSR count). The number of nitrogens with two attached hydrogens (primary N) is 1. The van der Waals surface area contributed by atoms with E-state index in [0.29, 0.717) is 18.4 Å². The van der Waals surface area contributed by atoms with E-state index in [2.05, 4.69) is 51.3 Å². The van der Waals surface area contributed by atoms with E-state index in [-0.39, 0.29) is 0 Å². The number of likely N-dealkylation sites (tertiary alicyclic amines) is 1. The van der Waals surface area contributed by atoms with Crippen LogP contribution in [0.4, 0.5) is 0 Å². The van der Waals surface area contributed by atoms with Crippen LogP contribution in [0.1, 0.15) is 55.3 Å². The molecule has 0 unspecified atom stereocenters. The van der Waals surface area contributed by atoms with Gasteiger partial charge in [-0.05, 0) is 69.7 Å². The molecular formula is C29H34N6O3. The maximum Gasteiger partial charge on any atom is 0.213 e. The summed E-state index contributed by atoms with van der Waals surface area (Å²) in [7, 11) is 0. The first-order valence-corrected chi connectivity index (χ1v) is 13.2. The van der Waals surface area contributed by atoms with Crippen LogP contribution >= 0.6 is 0 Å². The number of benzene rings is 2. The lowest BCUT2D eigenvalue weighted by Crippen LogP contribution is -2.52. The number of ether oxygens (including phenoxy) is 3. The first kappa shape index (κ1) is 24.8. The van der Waals surface area contributed by atoms with Crippen LogP contribution in [0.3, 0.4) is 0 Å². The number of hydrogen-bond acceptors (Lipinski definition) is 8. The molecule has 9 heteroatoms. The van der Waals surface area contributed by atoms with Gasteiger partial charge in [0.1, 0.15) is 17.2 Å². The molecule has 0 saturated carbocycles. The van der Waals surface area contributed by atoms with Crippen LogP contribution in [0.5, 0.6) is 11.5 Å². The zero-order valence-electron chi connectivity index (χ0n) is 22.3. The summed E-state index contributed by atoms with van der Waals surface area (Å²) in [5, 5.41) is 16.8. The van der Waals surface area contributed by atoms with Gasteiger partial charge in [0.15, 0.2) is 6.23 Å². The molecule has 9 nitrogen and oxygen atoms in total. The summed E-state index contributed by atoms with van der Waals surface area (Å²) in [5.41, 5.74) is 12.7. The second-order valence-corrected chi connectivity index (χ2v) is 10.6. The van der Waals surface area contributed by atoms with Crippen molar-refractivity contribution >= 4 is 10.9 Å². The molecule has 0 aliphatic carbocycles. The number of aromatic nitrogens is 4. The quantitative estimate of drug-likeness (QED) is 0.366. The number of fused-ring (bicyclic) bond motifs is 2. The van der Waals surface area contributed by atoms with Crippen LogP contribution in [0, 0.1) is 13.8 Å². The van der Waals surface area contributed by atoms with E-state index in [4.69, 9.17) is 19.9 Å². The summed E-state index contributed by atoms with van der Waals surface area (Å²) in [6, 6.07) is 12.6. The van der Waals surface area contributed by atoms with E-state index in [1.54, 1.807) is 6.20 Å². The average Bonchev–Trinajstić information content (AvgIpc) is 3.32. The molecule has 4 heterocycles. The fourth-order valence-electron chi connectivity index (χ4n) is 5.54. The standard InChI is InChI=1S/C29H34N6O3/c1-17(2)35-11-9-29(10-12-35)36-16-21-13-20(5-8-25(21)38-29)27-23-14-22(6-7-24(23)33-34-27)37-28(30)26-18(3)15-31-32-19(26)4/h5-8,13-15,17,28H,9-12,16,30H2,1-4H3,(H,33,34)/t28-/m0/s1. The minimum absolute atomic E-state index is 0.523. The summed E-state index contributed by atoms with van der Waals surface area (Å²) in [6.45, 7) is 10.8. The van der Waals surface area contributed by atoms with Gasteiger partial charge in [0.05, 0.1) is 24.0 Å². The number of aromatic amines is 1. The molecule has 2 aromatic heterocycles. The Morgan fingerprint density at radius 1 is 1.11 bits per heavy atom. The van der Waals surface area contributed by atoms with Gasteiger partial charge in [-0.1, -0.05) is 0 Å². The van der Waals surface area contributed by atoms with Crippen LogP contribution < -0.4 is 15.2 Å². The molecule has 198 valence electrons. The summed E-state index contributed by atoms with van der Waals surface area (Å²) >= 11 is 0. The second kappa shape index (κ2) is 9.65. The fourth-order valence-corrected chi connectivity index (χ4v) is 5.54. The number of nitrogens with zero attached hydrogens (tertiary/aromatic N) is 4. The highest BCUT2D eigenvalue weighted by Gasteiger charge is 2.41. The van der Waals surface area contributed by atoms with Crippen molar-refractivity contribution in [3.05, 3.63) is 65.0 Å². The van der Waals surface area contributed by atoms with Gasteiger partial charge in [0.25, 0.3) is 0 Å². The molecule has 1 saturated heterocycles. The Hall–Kier alpha value is -3.53. The third kappa shape index (κ3) is 4.51. The summed E-state index contributed by atoms with van der Waals surface area (Å²) in [4.78, 5) is 2.47. The van der Waals surface area contributed by atoms with E-state index in [1.165, 1.54) is 0 Å². The van der Waals surface area contributed by atoms with Gasteiger partial charge in [-0.2, -0.15) is 15.3 Å². The maximum absolute atomic E-state index is 6.45. The lowest BCUT2D eigenvalue weighted by atomic mass is 9.99. The van der Waals surface area contributed by atoms with Gasteiger partial charge in [-0.3, -0.25) is 10.8 Å². The van der Waals surface area contributed by atoms with E-state index >= 15 is 0 Å². The largest absolute Gasteiger partial charge is 0.471 e. The van der Waals surface area contributed by atoms with Crippen molar-refractivity contribution in [3.8, 4) is 22.8 Å². The van der Waals surface area contributed by atoms with Gasteiger partial charge >= 0.3 is 0 Å². The third-order valence-electron chi connectivity index (χ3n) is 7.77. The first-order chi connectivity index (χ1) is 18.3. The Bertz CT molecular complexity index is 1450. The highest BCUT2D eigenvalue weighted by Crippen LogP contribution is 2.40. The Morgan fingerprint density at radius 2 is 1.92 bits per heavy atom. The van der Waals surface area contributed by atoms with Crippen molar-refractivity contribution in [1.29, 1.82) is 0 Å². The molecular weight excluding hydrogens is 480 g/mol. The Balaban J connectivity index is 1.24. The van der Waals surface area contributed by atoms with Crippen molar-refractivity contribution in [2.45, 2.75) is 65.2 Å². The molecule has 0 radical (unpaired) electrons. The fraction of sp³-hybridized carbons (Fsp3) is 0.414. The molecule has 2 aromatic carbocycles. The Morgan fingerprint density at radius 3 is 2.68 bits per heavy atom. The number of H-pyrrole nitrogens is 1. The van der Waals surface area contributed by atoms with Gasteiger partial charge in [-0.15, -0.1) is 0 Å². The first-order valence-electron chi connectivity index (χ1n) is 13.2. The monoisotopic (exact) mass is 514 g/mol. The zero-order valence-corrected chi connectivity index (χ0v) is 22.3. The minimum atomic E-state index is -0.656. The van der Waals surface area contributed by atoms with Crippen LogP contribution in [0.15, 0.2) is 42.6 Å². The summed E-state index contributed by atoms with van der Waals surface area (Å²) in [5.74, 6) is 1.03. The van der Waals surface area contributed by atoms with Crippen LogP contribution in [0.25, 0.3) is 22.2 Å². The zero-order chi connectivity index (χ0) is 26.4. The van der Waals surface area contributed by atoms with Gasteiger partial charge in [0.2, 0.25) is 5.79 Å².